The van der Waals surface area contributed by atoms with Crippen molar-refractivity contribution in [3.05, 3.63) is 65.7 Å². The van der Waals surface area contributed by atoms with Crippen molar-refractivity contribution in [2.24, 2.45) is 4.99 Å². The SMILES string of the molecule is COC(=O)C1N=C(c2ccccc2OCc2ccccc2)OC1C. The van der Waals surface area contributed by atoms with Crippen molar-refractivity contribution < 1.29 is 19.0 Å². The van der Waals surface area contributed by atoms with Crippen LogP contribution in [0, 0.1) is 0 Å². The minimum atomic E-state index is -0.646. The maximum absolute atomic E-state index is 11.8. The Morgan fingerprint density at radius 1 is 1.12 bits per heavy atom. The van der Waals surface area contributed by atoms with Gasteiger partial charge in [0, 0.05) is 0 Å². The van der Waals surface area contributed by atoms with Crippen LogP contribution in [0.5, 0.6) is 5.75 Å². The van der Waals surface area contributed by atoms with Crippen molar-refractivity contribution in [3.8, 4) is 5.75 Å². The van der Waals surface area contributed by atoms with E-state index in [1.54, 1.807) is 6.92 Å². The van der Waals surface area contributed by atoms with Crippen LogP contribution in [0.25, 0.3) is 0 Å². The molecule has 2 aromatic rings. The lowest BCUT2D eigenvalue weighted by molar-refractivity contribution is -0.143. The fraction of sp³-hybridized carbons (Fsp3) is 0.263. The number of aliphatic imine (C=N–C) groups is 1. The molecule has 5 heteroatoms. The van der Waals surface area contributed by atoms with Gasteiger partial charge in [0.15, 0.2) is 6.04 Å². The second kappa shape index (κ2) is 7.17. The summed E-state index contributed by atoms with van der Waals surface area (Å²) in [7, 11) is 1.35. The number of para-hydroxylation sites is 1. The van der Waals surface area contributed by atoms with Crippen LogP contribution in [0.15, 0.2) is 59.6 Å². The highest BCUT2D eigenvalue weighted by Crippen LogP contribution is 2.26. The van der Waals surface area contributed by atoms with Gasteiger partial charge in [-0.3, -0.25) is 0 Å². The van der Waals surface area contributed by atoms with Crippen LogP contribution in [0.2, 0.25) is 0 Å². The van der Waals surface area contributed by atoms with E-state index in [0.29, 0.717) is 18.3 Å². The molecule has 0 spiro atoms. The smallest absolute Gasteiger partial charge is 0.334 e. The van der Waals surface area contributed by atoms with E-state index in [9.17, 15) is 4.79 Å². The lowest BCUT2D eigenvalue weighted by Crippen LogP contribution is -2.28. The first-order chi connectivity index (χ1) is 11.7. The van der Waals surface area contributed by atoms with Gasteiger partial charge in [-0.05, 0) is 24.6 Å². The lowest BCUT2D eigenvalue weighted by Gasteiger charge is -2.13. The Balaban J connectivity index is 1.81. The van der Waals surface area contributed by atoms with E-state index < -0.39 is 12.0 Å². The molecule has 124 valence electrons. The van der Waals surface area contributed by atoms with Crippen molar-refractivity contribution in [3.63, 3.8) is 0 Å². The Morgan fingerprint density at radius 2 is 1.83 bits per heavy atom. The van der Waals surface area contributed by atoms with Gasteiger partial charge in [-0.1, -0.05) is 42.5 Å². The predicted octanol–water partition coefficient (Wildman–Crippen LogP) is 2.97. The van der Waals surface area contributed by atoms with Gasteiger partial charge in [0.2, 0.25) is 5.90 Å². The normalized spacial score (nSPS) is 19.3. The summed E-state index contributed by atoms with van der Waals surface area (Å²) >= 11 is 0. The third kappa shape index (κ3) is 3.40. The summed E-state index contributed by atoms with van der Waals surface area (Å²) in [4.78, 5) is 16.1. The summed E-state index contributed by atoms with van der Waals surface area (Å²) in [5, 5.41) is 0. The number of hydrogen-bond donors (Lipinski definition) is 0. The van der Waals surface area contributed by atoms with Crippen molar-refractivity contribution in [2.75, 3.05) is 7.11 Å². The highest BCUT2D eigenvalue weighted by molar-refractivity contribution is 6.00. The molecule has 0 aromatic heterocycles. The van der Waals surface area contributed by atoms with E-state index in [4.69, 9.17) is 14.2 Å². The summed E-state index contributed by atoms with van der Waals surface area (Å²) in [6, 6.07) is 16.8. The number of ether oxygens (including phenoxy) is 3. The summed E-state index contributed by atoms with van der Waals surface area (Å²) in [5.41, 5.74) is 1.80. The first-order valence-corrected chi connectivity index (χ1v) is 7.77. The highest BCUT2D eigenvalue weighted by atomic mass is 16.5. The Kier molecular flexibility index (Phi) is 4.79. The van der Waals surface area contributed by atoms with E-state index in [-0.39, 0.29) is 6.10 Å². The first-order valence-electron chi connectivity index (χ1n) is 7.77. The quantitative estimate of drug-likeness (QED) is 0.793. The molecule has 0 bridgehead atoms. The van der Waals surface area contributed by atoms with Gasteiger partial charge in [-0.15, -0.1) is 0 Å². The highest BCUT2D eigenvalue weighted by Gasteiger charge is 2.35. The van der Waals surface area contributed by atoms with E-state index in [1.807, 2.05) is 54.6 Å². The Bertz CT molecular complexity index is 742. The standard InChI is InChI=1S/C19H19NO4/c1-13-17(19(21)22-2)20-18(24-13)15-10-6-7-11-16(15)23-12-14-8-4-3-5-9-14/h3-11,13,17H,12H2,1-2H3. The predicted molar refractivity (Wildman–Crippen MR) is 90.1 cm³/mol. The van der Waals surface area contributed by atoms with Gasteiger partial charge < -0.3 is 14.2 Å². The number of benzene rings is 2. The number of rotatable bonds is 5. The number of carbonyl (C=O) groups excluding carboxylic acids is 1. The van der Waals surface area contributed by atoms with Crippen molar-refractivity contribution in [1.29, 1.82) is 0 Å². The summed E-state index contributed by atoms with van der Waals surface area (Å²) in [6.07, 6.45) is -0.366. The minimum Gasteiger partial charge on any atom is -0.488 e. The van der Waals surface area contributed by atoms with Crippen molar-refractivity contribution >= 4 is 11.9 Å². The molecule has 0 N–H and O–H groups in total. The fourth-order valence-corrected chi connectivity index (χ4v) is 2.50. The third-order valence-corrected chi connectivity index (χ3v) is 3.80. The topological polar surface area (TPSA) is 57.1 Å². The molecule has 5 nitrogen and oxygen atoms in total. The third-order valence-electron chi connectivity index (χ3n) is 3.80. The average molecular weight is 325 g/mol. The van der Waals surface area contributed by atoms with Crippen LogP contribution in [-0.4, -0.2) is 31.1 Å². The molecule has 0 aliphatic carbocycles. The monoisotopic (exact) mass is 325 g/mol. The fourth-order valence-electron chi connectivity index (χ4n) is 2.50. The zero-order chi connectivity index (χ0) is 16.9. The molecule has 2 aromatic carbocycles. The van der Waals surface area contributed by atoms with E-state index in [2.05, 4.69) is 4.99 Å². The van der Waals surface area contributed by atoms with Gasteiger partial charge >= 0.3 is 5.97 Å². The van der Waals surface area contributed by atoms with Gasteiger partial charge in [0.1, 0.15) is 18.5 Å². The zero-order valence-corrected chi connectivity index (χ0v) is 13.6. The van der Waals surface area contributed by atoms with Crippen molar-refractivity contribution in [2.45, 2.75) is 25.7 Å². The number of esters is 1. The van der Waals surface area contributed by atoms with E-state index in [0.717, 1.165) is 11.1 Å². The largest absolute Gasteiger partial charge is 0.488 e. The molecule has 1 aliphatic heterocycles. The molecule has 2 unspecified atom stereocenters. The average Bonchev–Trinajstić information content (AvgIpc) is 3.02. The van der Waals surface area contributed by atoms with Crippen LogP contribution < -0.4 is 4.74 Å². The number of methoxy groups -OCH3 is 1. The van der Waals surface area contributed by atoms with Gasteiger partial charge in [0.25, 0.3) is 0 Å². The molecule has 0 fully saturated rings. The van der Waals surface area contributed by atoms with Gasteiger partial charge in [0.05, 0.1) is 12.7 Å². The summed E-state index contributed by atoms with van der Waals surface area (Å²) in [6.45, 7) is 2.24. The Labute approximate surface area is 140 Å². The molecule has 24 heavy (non-hydrogen) atoms. The zero-order valence-electron chi connectivity index (χ0n) is 13.6. The first kappa shape index (κ1) is 16.1. The van der Waals surface area contributed by atoms with Crippen LogP contribution >= 0.6 is 0 Å². The molecule has 1 heterocycles. The summed E-state index contributed by atoms with van der Waals surface area (Å²) < 4.78 is 16.4. The second-order valence-electron chi connectivity index (χ2n) is 5.50. The molecule has 0 saturated heterocycles. The maximum Gasteiger partial charge on any atom is 0.334 e. The molecule has 0 radical (unpaired) electrons. The molecule has 0 amide bonds. The van der Waals surface area contributed by atoms with E-state index >= 15 is 0 Å². The second-order valence-corrected chi connectivity index (χ2v) is 5.50. The van der Waals surface area contributed by atoms with E-state index in [1.165, 1.54) is 7.11 Å². The molecule has 0 saturated carbocycles. The van der Waals surface area contributed by atoms with Gasteiger partial charge in [-0.2, -0.15) is 0 Å². The molecular weight excluding hydrogens is 306 g/mol. The molecular formula is C19H19NO4. The summed E-state index contributed by atoms with van der Waals surface area (Å²) in [5.74, 6) is 0.666. The van der Waals surface area contributed by atoms with Crippen LogP contribution in [0.3, 0.4) is 0 Å². The van der Waals surface area contributed by atoms with Gasteiger partial charge in [-0.25, -0.2) is 9.79 Å². The maximum atomic E-state index is 11.8. The van der Waals surface area contributed by atoms with Crippen LogP contribution in [0.1, 0.15) is 18.1 Å². The minimum absolute atomic E-state index is 0.366. The number of nitrogens with zero attached hydrogens (tertiary/aromatic N) is 1. The number of hydrogen-bond acceptors (Lipinski definition) is 5. The molecule has 2 atom stereocenters. The Hall–Kier alpha value is -2.82. The van der Waals surface area contributed by atoms with Crippen molar-refractivity contribution in [1.82, 2.24) is 0 Å². The van der Waals surface area contributed by atoms with Crippen LogP contribution in [-0.2, 0) is 20.9 Å². The Morgan fingerprint density at radius 3 is 2.58 bits per heavy atom. The lowest BCUT2D eigenvalue weighted by atomic mass is 10.2. The molecule has 3 rings (SSSR count). The number of carbonyl (C=O) groups is 1. The van der Waals surface area contributed by atoms with Crippen LogP contribution in [0.4, 0.5) is 0 Å². The molecule has 1 aliphatic rings.